The van der Waals surface area contributed by atoms with Gasteiger partial charge in [0.15, 0.2) is 11.0 Å². The number of aryl methyl sites for hydroxylation is 2. The lowest BCUT2D eigenvalue weighted by Gasteiger charge is -2.14. The Morgan fingerprint density at radius 2 is 1.97 bits per heavy atom. The third-order valence-corrected chi connectivity index (χ3v) is 6.29. The Morgan fingerprint density at radius 3 is 2.68 bits per heavy atom. The van der Waals surface area contributed by atoms with Crippen LogP contribution in [0.3, 0.4) is 0 Å². The van der Waals surface area contributed by atoms with E-state index < -0.39 is 0 Å². The summed E-state index contributed by atoms with van der Waals surface area (Å²) in [6.07, 6.45) is 0. The fourth-order valence-corrected chi connectivity index (χ4v) is 3.89. The van der Waals surface area contributed by atoms with Crippen LogP contribution in [0.25, 0.3) is 0 Å². The van der Waals surface area contributed by atoms with Crippen molar-refractivity contribution in [3.8, 4) is 5.75 Å². The van der Waals surface area contributed by atoms with Gasteiger partial charge in [0.25, 0.3) is 0 Å². The van der Waals surface area contributed by atoms with Crippen LogP contribution >= 0.6 is 23.4 Å². The maximum Gasteiger partial charge on any atom is 0.234 e. The number of benzene rings is 2. The van der Waals surface area contributed by atoms with E-state index in [1.54, 1.807) is 6.07 Å². The molecule has 0 saturated carbocycles. The molecule has 0 aliphatic heterocycles. The van der Waals surface area contributed by atoms with Crippen LogP contribution in [0.4, 0.5) is 5.69 Å². The predicted molar refractivity (Wildman–Crippen MR) is 126 cm³/mol. The van der Waals surface area contributed by atoms with Gasteiger partial charge in [0.1, 0.15) is 12.4 Å². The molecule has 0 bridgehead atoms. The first-order valence-corrected chi connectivity index (χ1v) is 11.4. The number of anilines is 1. The van der Waals surface area contributed by atoms with E-state index in [1.807, 2.05) is 43.7 Å². The standard InChI is InChI=1S/C23H27ClN4O2S/c1-14(2)18-9-6-15(3)10-20(18)30-12-21-26-27-23(28(21)5)31-13-22(29)25-17-8-7-16(4)19(24)11-17/h6-11,14H,12-13H2,1-5H3,(H,25,29). The molecule has 6 nitrogen and oxygen atoms in total. The van der Waals surface area contributed by atoms with E-state index in [-0.39, 0.29) is 11.7 Å². The second-order valence-corrected chi connectivity index (χ2v) is 9.09. The number of carbonyl (C=O) groups excluding carboxylic acids is 1. The molecule has 0 fully saturated rings. The molecule has 0 saturated heterocycles. The monoisotopic (exact) mass is 458 g/mol. The van der Waals surface area contributed by atoms with Crippen LogP contribution in [0.1, 0.15) is 42.3 Å². The van der Waals surface area contributed by atoms with Crippen molar-refractivity contribution in [2.45, 2.75) is 45.4 Å². The molecule has 3 rings (SSSR count). The van der Waals surface area contributed by atoms with Gasteiger partial charge in [-0.25, -0.2) is 0 Å². The van der Waals surface area contributed by atoms with Gasteiger partial charge in [0.05, 0.1) is 5.75 Å². The zero-order chi connectivity index (χ0) is 22.5. The molecule has 0 atom stereocenters. The van der Waals surface area contributed by atoms with Crippen LogP contribution < -0.4 is 10.1 Å². The van der Waals surface area contributed by atoms with Crippen LogP contribution in [0.15, 0.2) is 41.6 Å². The van der Waals surface area contributed by atoms with Crippen molar-refractivity contribution in [3.05, 3.63) is 63.9 Å². The molecule has 0 unspecified atom stereocenters. The molecule has 8 heteroatoms. The smallest absolute Gasteiger partial charge is 0.234 e. The Kier molecular flexibility index (Phi) is 7.62. The van der Waals surface area contributed by atoms with Crippen molar-refractivity contribution in [1.82, 2.24) is 14.8 Å². The van der Waals surface area contributed by atoms with E-state index in [4.69, 9.17) is 16.3 Å². The van der Waals surface area contributed by atoms with Crippen LogP contribution in [-0.4, -0.2) is 26.4 Å². The van der Waals surface area contributed by atoms with E-state index in [0.29, 0.717) is 34.2 Å². The third kappa shape index (κ3) is 6.02. The number of hydrogen-bond acceptors (Lipinski definition) is 5. The number of ether oxygens (including phenoxy) is 1. The summed E-state index contributed by atoms with van der Waals surface area (Å²) in [4.78, 5) is 12.3. The Morgan fingerprint density at radius 1 is 1.19 bits per heavy atom. The summed E-state index contributed by atoms with van der Waals surface area (Å²) in [5, 5.41) is 12.6. The molecule has 0 aliphatic rings. The number of rotatable bonds is 8. The molecular formula is C23H27ClN4O2S. The molecule has 1 aromatic heterocycles. The summed E-state index contributed by atoms with van der Waals surface area (Å²) < 4.78 is 7.91. The van der Waals surface area contributed by atoms with Gasteiger partial charge in [-0.15, -0.1) is 10.2 Å². The SMILES string of the molecule is Cc1ccc(C(C)C)c(OCc2nnc(SCC(=O)Nc3ccc(C)c(Cl)c3)n2C)c1. The van der Waals surface area contributed by atoms with Crippen molar-refractivity contribution in [2.75, 3.05) is 11.1 Å². The van der Waals surface area contributed by atoms with Crippen molar-refractivity contribution in [1.29, 1.82) is 0 Å². The summed E-state index contributed by atoms with van der Waals surface area (Å²) in [6.45, 7) is 8.56. The van der Waals surface area contributed by atoms with Crippen LogP contribution in [0.2, 0.25) is 5.02 Å². The first-order valence-electron chi connectivity index (χ1n) is 10.0. The summed E-state index contributed by atoms with van der Waals surface area (Å²) in [6, 6.07) is 11.7. The van der Waals surface area contributed by atoms with Crippen molar-refractivity contribution >= 4 is 35.0 Å². The molecule has 164 valence electrons. The first kappa shape index (κ1) is 23.2. The van der Waals surface area contributed by atoms with Gasteiger partial charge < -0.3 is 14.6 Å². The minimum absolute atomic E-state index is 0.132. The fourth-order valence-electron chi connectivity index (χ4n) is 2.98. The van der Waals surface area contributed by atoms with Crippen LogP contribution in [-0.2, 0) is 18.4 Å². The average Bonchev–Trinajstić information content (AvgIpc) is 3.07. The van der Waals surface area contributed by atoms with Gasteiger partial charge in [-0.3, -0.25) is 4.79 Å². The molecule has 2 aromatic carbocycles. The quantitative estimate of drug-likeness (QED) is 0.450. The highest BCUT2D eigenvalue weighted by Gasteiger charge is 2.14. The fraction of sp³-hybridized carbons (Fsp3) is 0.348. The second kappa shape index (κ2) is 10.2. The van der Waals surface area contributed by atoms with E-state index in [0.717, 1.165) is 22.4 Å². The number of thioether (sulfide) groups is 1. The summed E-state index contributed by atoms with van der Waals surface area (Å²) in [5.41, 5.74) is 3.95. The average molecular weight is 459 g/mol. The highest BCUT2D eigenvalue weighted by atomic mass is 35.5. The lowest BCUT2D eigenvalue weighted by Crippen LogP contribution is -2.14. The summed E-state index contributed by atoms with van der Waals surface area (Å²) >= 11 is 7.44. The predicted octanol–water partition coefficient (Wildman–Crippen LogP) is 5.52. The van der Waals surface area contributed by atoms with Gasteiger partial charge in [-0.05, 0) is 54.7 Å². The molecule has 1 amide bonds. The minimum Gasteiger partial charge on any atom is -0.485 e. The molecule has 31 heavy (non-hydrogen) atoms. The van der Waals surface area contributed by atoms with Crippen molar-refractivity contribution in [2.24, 2.45) is 7.05 Å². The highest BCUT2D eigenvalue weighted by Crippen LogP contribution is 2.28. The van der Waals surface area contributed by atoms with Crippen molar-refractivity contribution in [3.63, 3.8) is 0 Å². The summed E-state index contributed by atoms with van der Waals surface area (Å²) in [5.74, 6) is 2.01. The summed E-state index contributed by atoms with van der Waals surface area (Å²) in [7, 11) is 1.87. The topological polar surface area (TPSA) is 69.0 Å². The number of nitrogens with one attached hydrogen (secondary N) is 1. The van der Waals surface area contributed by atoms with Crippen LogP contribution in [0.5, 0.6) is 5.75 Å². The number of hydrogen-bond donors (Lipinski definition) is 1. The molecule has 0 radical (unpaired) electrons. The molecule has 1 heterocycles. The zero-order valence-corrected chi connectivity index (χ0v) is 20.0. The highest BCUT2D eigenvalue weighted by molar-refractivity contribution is 7.99. The lowest BCUT2D eigenvalue weighted by molar-refractivity contribution is -0.113. The maximum atomic E-state index is 12.3. The number of carbonyl (C=O) groups is 1. The Bertz CT molecular complexity index is 1080. The second-order valence-electron chi connectivity index (χ2n) is 7.74. The first-order chi connectivity index (χ1) is 14.7. The molecule has 0 aliphatic carbocycles. The van der Waals surface area contributed by atoms with E-state index >= 15 is 0 Å². The van der Waals surface area contributed by atoms with E-state index in [2.05, 4.69) is 41.5 Å². The van der Waals surface area contributed by atoms with Gasteiger partial charge in [0, 0.05) is 17.8 Å². The van der Waals surface area contributed by atoms with Gasteiger partial charge in [-0.2, -0.15) is 0 Å². The largest absolute Gasteiger partial charge is 0.485 e. The molecule has 3 aromatic rings. The van der Waals surface area contributed by atoms with Gasteiger partial charge in [0.2, 0.25) is 5.91 Å². The van der Waals surface area contributed by atoms with E-state index in [1.165, 1.54) is 11.8 Å². The Labute approximate surface area is 192 Å². The number of amides is 1. The van der Waals surface area contributed by atoms with E-state index in [9.17, 15) is 4.79 Å². The lowest BCUT2D eigenvalue weighted by atomic mass is 10.0. The number of nitrogens with zero attached hydrogens (tertiary/aromatic N) is 3. The normalized spacial score (nSPS) is 11.1. The van der Waals surface area contributed by atoms with Gasteiger partial charge >= 0.3 is 0 Å². The van der Waals surface area contributed by atoms with Crippen LogP contribution in [0, 0.1) is 13.8 Å². The zero-order valence-electron chi connectivity index (χ0n) is 18.4. The van der Waals surface area contributed by atoms with Gasteiger partial charge in [-0.1, -0.05) is 55.4 Å². The Hall–Kier alpha value is -2.51. The molecule has 1 N–H and O–H groups in total. The molecule has 0 spiro atoms. The van der Waals surface area contributed by atoms with Crippen molar-refractivity contribution < 1.29 is 9.53 Å². The maximum absolute atomic E-state index is 12.3. The molecular weight excluding hydrogens is 432 g/mol. The third-order valence-electron chi connectivity index (χ3n) is 4.86. The number of aromatic nitrogens is 3. The Balaban J connectivity index is 1.58. The minimum atomic E-state index is -0.132. The number of halogens is 1.